The lowest BCUT2D eigenvalue weighted by atomic mass is 9.91. The van der Waals surface area contributed by atoms with Crippen molar-refractivity contribution < 1.29 is 0 Å². The van der Waals surface area contributed by atoms with Crippen molar-refractivity contribution in [2.75, 3.05) is 0 Å². The second-order valence-electron chi connectivity index (χ2n) is 5.07. The fourth-order valence-corrected chi connectivity index (χ4v) is 2.56. The third-order valence-electron chi connectivity index (χ3n) is 3.64. The predicted molar refractivity (Wildman–Crippen MR) is 85.6 cm³/mol. The Labute approximate surface area is 129 Å². The molecular weight excluding hydrogens is 270 g/mol. The van der Waals surface area contributed by atoms with Crippen molar-refractivity contribution in [3.63, 3.8) is 0 Å². The van der Waals surface area contributed by atoms with Crippen LogP contribution in [0.4, 0.5) is 0 Å². The van der Waals surface area contributed by atoms with Gasteiger partial charge in [0, 0.05) is 17.8 Å². The largest absolute Gasteiger partial charge is 0.315 e. The molecule has 0 radical (unpaired) electrons. The highest BCUT2D eigenvalue weighted by atomic mass is 15.1. The summed E-state index contributed by atoms with van der Waals surface area (Å²) >= 11 is 0. The minimum atomic E-state index is 0.611. The Bertz CT molecular complexity index is 847. The Kier molecular flexibility index (Phi) is 3.48. The average Bonchev–Trinajstić information content (AvgIpc) is 2.55. The molecule has 1 aromatic carbocycles. The number of benzene rings is 1. The van der Waals surface area contributed by atoms with Gasteiger partial charge in [-0.1, -0.05) is 35.9 Å². The minimum absolute atomic E-state index is 0.611. The van der Waals surface area contributed by atoms with Gasteiger partial charge in [-0.3, -0.25) is 0 Å². The summed E-state index contributed by atoms with van der Waals surface area (Å²) in [4.78, 5) is 1.86. The van der Waals surface area contributed by atoms with E-state index in [4.69, 9.17) is 5.26 Å². The van der Waals surface area contributed by atoms with Crippen LogP contribution in [0.25, 0.3) is 5.57 Å². The third-order valence-corrected chi connectivity index (χ3v) is 3.64. The molecule has 1 aromatic rings. The van der Waals surface area contributed by atoms with E-state index in [2.05, 4.69) is 12.1 Å². The summed E-state index contributed by atoms with van der Waals surface area (Å²) in [6.45, 7) is 2.03. The SMILES string of the molecule is Cc1ccc(C2=C/C(=C\C#N)N3C=CC=CC3=C2C#N)cc1. The number of allylic oxidation sites excluding steroid dienone is 7. The molecule has 2 heterocycles. The van der Waals surface area contributed by atoms with Gasteiger partial charge >= 0.3 is 0 Å². The second-order valence-corrected chi connectivity index (χ2v) is 5.07. The van der Waals surface area contributed by atoms with Crippen molar-refractivity contribution >= 4 is 5.57 Å². The summed E-state index contributed by atoms with van der Waals surface area (Å²) in [5, 5.41) is 18.6. The van der Waals surface area contributed by atoms with Gasteiger partial charge < -0.3 is 4.90 Å². The molecule has 0 atom stereocenters. The maximum Gasteiger partial charge on any atom is 0.102 e. The normalized spacial score (nSPS) is 17.9. The molecule has 0 bridgehead atoms. The van der Waals surface area contributed by atoms with Crippen LogP contribution in [0.1, 0.15) is 11.1 Å². The molecule has 104 valence electrons. The number of nitriles is 2. The second kappa shape index (κ2) is 5.60. The maximum absolute atomic E-state index is 9.61. The van der Waals surface area contributed by atoms with Crippen LogP contribution in [0.5, 0.6) is 0 Å². The Balaban J connectivity index is 2.21. The van der Waals surface area contributed by atoms with E-state index in [1.807, 2.05) is 66.6 Å². The quantitative estimate of drug-likeness (QED) is 0.733. The van der Waals surface area contributed by atoms with E-state index in [1.165, 1.54) is 11.6 Å². The number of hydrogen-bond acceptors (Lipinski definition) is 3. The molecule has 22 heavy (non-hydrogen) atoms. The summed E-state index contributed by atoms with van der Waals surface area (Å²) in [6, 6.07) is 12.4. The van der Waals surface area contributed by atoms with Gasteiger partial charge in [-0.2, -0.15) is 10.5 Å². The van der Waals surface area contributed by atoms with E-state index in [9.17, 15) is 5.26 Å². The first-order valence-corrected chi connectivity index (χ1v) is 6.92. The Morgan fingerprint density at radius 3 is 2.55 bits per heavy atom. The molecule has 0 saturated carbocycles. The first kappa shape index (κ1) is 13.7. The molecule has 0 fully saturated rings. The zero-order valence-electron chi connectivity index (χ0n) is 12.1. The Morgan fingerprint density at radius 2 is 1.86 bits per heavy atom. The monoisotopic (exact) mass is 283 g/mol. The summed E-state index contributed by atoms with van der Waals surface area (Å²) in [5.41, 5.74) is 5.15. The molecule has 0 amide bonds. The Morgan fingerprint density at radius 1 is 1.09 bits per heavy atom. The number of fused-ring (bicyclic) bond motifs is 1. The molecule has 0 spiro atoms. The van der Waals surface area contributed by atoms with Gasteiger partial charge in [-0.25, -0.2) is 0 Å². The van der Waals surface area contributed by atoms with Crippen molar-refractivity contribution in [3.05, 3.63) is 88.9 Å². The molecule has 0 N–H and O–H groups in total. The molecule has 0 aliphatic carbocycles. The topological polar surface area (TPSA) is 50.8 Å². The first-order chi connectivity index (χ1) is 10.7. The van der Waals surface area contributed by atoms with Crippen LogP contribution in [0, 0.1) is 29.6 Å². The molecule has 0 unspecified atom stereocenters. The Hall–Kier alpha value is -3.30. The average molecular weight is 283 g/mol. The molecular formula is C19H13N3. The molecule has 3 nitrogen and oxygen atoms in total. The molecule has 0 saturated heterocycles. The predicted octanol–water partition coefficient (Wildman–Crippen LogP) is 3.96. The third kappa shape index (κ3) is 2.26. The van der Waals surface area contributed by atoms with Crippen LogP contribution in [0.15, 0.2) is 77.8 Å². The van der Waals surface area contributed by atoms with Crippen LogP contribution in [0.3, 0.4) is 0 Å². The van der Waals surface area contributed by atoms with Gasteiger partial charge in [0.15, 0.2) is 0 Å². The lowest BCUT2D eigenvalue weighted by Gasteiger charge is -2.30. The molecule has 3 rings (SSSR count). The van der Waals surface area contributed by atoms with Gasteiger partial charge in [0.2, 0.25) is 0 Å². The highest BCUT2D eigenvalue weighted by molar-refractivity contribution is 5.87. The number of nitrogens with zero attached hydrogens (tertiary/aromatic N) is 3. The standard InChI is InChI=1S/C19H13N3/c1-14-5-7-15(8-6-14)17-12-16(9-10-20)22-11-3-2-4-19(22)18(17)13-21/h2-9,11-12H,1H3/b16-9+. The summed E-state index contributed by atoms with van der Waals surface area (Å²) in [6.07, 6.45) is 10.9. The van der Waals surface area contributed by atoms with Crippen molar-refractivity contribution in [1.82, 2.24) is 4.90 Å². The highest BCUT2D eigenvalue weighted by Gasteiger charge is 2.24. The van der Waals surface area contributed by atoms with E-state index in [0.29, 0.717) is 5.57 Å². The molecule has 0 aromatic heterocycles. The van der Waals surface area contributed by atoms with Crippen molar-refractivity contribution in [2.45, 2.75) is 6.92 Å². The van der Waals surface area contributed by atoms with Crippen LogP contribution in [-0.2, 0) is 0 Å². The zero-order chi connectivity index (χ0) is 15.5. The van der Waals surface area contributed by atoms with Crippen LogP contribution >= 0.6 is 0 Å². The van der Waals surface area contributed by atoms with Gasteiger partial charge in [-0.15, -0.1) is 0 Å². The fourth-order valence-electron chi connectivity index (χ4n) is 2.56. The zero-order valence-corrected chi connectivity index (χ0v) is 12.1. The summed E-state index contributed by atoms with van der Waals surface area (Å²) in [5.74, 6) is 0. The summed E-state index contributed by atoms with van der Waals surface area (Å²) in [7, 11) is 0. The maximum atomic E-state index is 9.61. The smallest absolute Gasteiger partial charge is 0.102 e. The van der Waals surface area contributed by atoms with E-state index < -0.39 is 0 Å². The van der Waals surface area contributed by atoms with Crippen LogP contribution in [0.2, 0.25) is 0 Å². The van der Waals surface area contributed by atoms with E-state index in [-0.39, 0.29) is 0 Å². The van der Waals surface area contributed by atoms with E-state index >= 15 is 0 Å². The van der Waals surface area contributed by atoms with Gasteiger partial charge in [0.1, 0.15) is 6.07 Å². The van der Waals surface area contributed by atoms with Gasteiger partial charge in [0.25, 0.3) is 0 Å². The molecule has 2 aliphatic heterocycles. The fraction of sp³-hybridized carbons (Fsp3) is 0.0526. The van der Waals surface area contributed by atoms with Crippen LogP contribution in [-0.4, -0.2) is 4.90 Å². The van der Waals surface area contributed by atoms with Crippen molar-refractivity contribution in [2.24, 2.45) is 0 Å². The van der Waals surface area contributed by atoms with Gasteiger partial charge in [-0.05, 0) is 30.7 Å². The van der Waals surface area contributed by atoms with E-state index in [1.54, 1.807) is 0 Å². The lowest BCUT2D eigenvalue weighted by molar-refractivity contribution is 0.600. The lowest BCUT2D eigenvalue weighted by Crippen LogP contribution is -2.21. The van der Waals surface area contributed by atoms with Crippen molar-refractivity contribution in [1.29, 1.82) is 10.5 Å². The van der Waals surface area contributed by atoms with Crippen molar-refractivity contribution in [3.8, 4) is 12.1 Å². The number of hydrogen-bond donors (Lipinski definition) is 0. The van der Waals surface area contributed by atoms with Gasteiger partial charge in [0.05, 0.1) is 23.0 Å². The highest BCUT2D eigenvalue weighted by Crippen LogP contribution is 2.36. The molecule has 2 aliphatic rings. The molecule has 3 heteroatoms. The number of aryl methyl sites for hydroxylation is 1. The van der Waals surface area contributed by atoms with E-state index in [0.717, 1.165) is 22.5 Å². The first-order valence-electron chi connectivity index (χ1n) is 6.92. The number of rotatable bonds is 1. The van der Waals surface area contributed by atoms with Crippen LogP contribution < -0.4 is 0 Å². The minimum Gasteiger partial charge on any atom is -0.315 e. The summed E-state index contributed by atoms with van der Waals surface area (Å²) < 4.78 is 0.